The van der Waals surface area contributed by atoms with Gasteiger partial charge in [-0.25, -0.2) is 4.68 Å². The van der Waals surface area contributed by atoms with Crippen LogP contribution in [0.25, 0.3) is 0 Å². The molecule has 2 amide bonds. The molecule has 1 unspecified atom stereocenters. The smallest absolute Gasteiger partial charge is 0.248 e. The number of hydrogen-bond acceptors (Lipinski definition) is 7. The van der Waals surface area contributed by atoms with E-state index in [4.69, 9.17) is 9.47 Å². The molecule has 0 saturated heterocycles. The van der Waals surface area contributed by atoms with Crippen molar-refractivity contribution in [2.45, 2.75) is 19.4 Å². The highest BCUT2D eigenvalue weighted by molar-refractivity contribution is 5.95. The van der Waals surface area contributed by atoms with Gasteiger partial charge in [0.05, 0.1) is 6.54 Å². The van der Waals surface area contributed by atoms with Gasteiger partial charge >= 0.3 is 0 Å². The SMILES string of the molecule is CCN(CC(=O)Nc1ccc2c(c1)OCCO2)C(=O)C(Cc1ccccc1)n1cnnn1. The van der Waals surface area contributed by atoms with Crippen molar-refractivity contribution in [1.82, 2.24) is 25.1 Å². The van der Waals surface area contributed by atoms with E-state index in [1.165, 1.54) is 15.9 Å². The number of likely N-dealkylation sites (N-methyl/N-ethyl adjacent to an activating group) is 1. The van der Waals surface area contributed by atoms with Crippen molar-refractivity contribution in [3.63, 3.8) is 0 Å². The average Bonchev–Trinajstić information content (AvgIpc) is 3.36. The Labute approximate surface area is 185 Å². The number of hydrogen-bond donors (Lipinski definition) is 1. The Bertz CT molecular complexity index is 1060. The molecule has 2 aromatic carbocycles. The molecule has 1 aliphatic rings. The standard InChI is InChI=1S/C22H24N6O4/c1-2-27(14-21(29)24-17-8-9-19-20(13-17)32-11-10-31-19)22(30)18(28-15-23-25-26-28)12-16-6-4-3-5-7-16/h3-9,13,15,18H,2,10-12,14H2,1H3,(H,24,29). The molecule has 0 radical (unpaired) electrons. The Morgan fingerprint density at radius 3 is 2.62 bits per heavy atom. The summed E-state index contributed by atoms with van der Waals surface area (Å²) in [7, 11) is 0. The number of carbonyl (C=O) groups is 2. The second-order valence-corrected chi connectivity index (χ2v) is 7.25. The third-order valence-corrected chi connectivity index (χ3v) is 5.09. The lowest BCUT2D eigenvalue weighted by Gasteiger charge is -2.26. The number of nitrogens with one attached hydrogen (secondary N) is 1. The van der Waals surface area contributed by atoms with Crippen LogP contribution in [-0.4, -0.2) is 63.2 Å². The van der Waals surface area contributed by atoms with Gasteiger partial charge in [0.15, 0.2) is 11.5 Å². The zero-order valence-corrected chi connectivity index (χ0v) is 17.7. The number of benzene rings is 2. The summed E-state index contributed by atoms with van der Waals surface area (Å²) in [6.45, 7) is 3.05. The monoisotopic (exact) mass is 436 g/mol. The fourth-order valence-corrected chi connectivity index (χ4v) is 3.49. The summed E-state index contributed by atoms with van der Waals surface area (Å²) in [5, 5.41) is 14.1. The summed E-state index contributed by atoms with van der Waals surface area (Å²) in [5.41, 5.74) is 1.54. The van der Waals surface area contributed by atoms with E-state index in [0.29, 0.717) is 43.4 Å². The molecular formula is C22H24N6O4. The van der Waals surface area contributed by atoms with E-state index >= 15 is 0 Å². The van der Waals surface area contributed by atoms with Crippen LogP contribution in [0.4, 0.5) is 5.69 Å². The maximum atomic E-state index is 13.3. The van der Waals surface area contributed by atoms with Gasteiger partial charge in [0.1, 0.15) is 25.6 Å². The topological polar surface area (TPSA) is 111 Å². The van der Waals surface area contributed by atoms with Gasteiger partial charge in [0, 0.05) is 24.7 Å². The fourth-order valence-electron chi connectivity index (χ4n) is 3.49. The Hall–Kier alpha value is -3.95. The summed E-state index contributed by atoms with van der Waals surface area (Å²) in [5.74, 6) is 0.678. The third kappa shape index (κ3) is 5.02. The van der Waals surface area contributed by atoms with Crippen LogP contribution in [0.2, 0.25) is 0 Å². The van der Waals surface area contributed by atoms with E-state index in [0.717, 1.165) is 5.56 Å². The number of rotatable bonds is 8. The van der Waals surface area contributed by atoms with Gasteiger partial charge in [-0.15, -0.1) is 5.10 Å². The Morgan fingerprint density at radius 1 is 1.12 bits per heavy atom. The predicted molar refractivity (Wildman–Crippen MR) is 115 cm³/mol. The van der Waals surface area contributed by atoms with E-state index in [2.05, 4.69) is 20.8 Å². The van der Waals surface area contributed by atoms with Crippen LogP contribution in [0.15, 0.2) is 54.9 Å². The lowest BCUT2D eigenvalue weighted by atomic mass is 10.0. The first-order valence-corrected chi connectivity index (χ1v) is 10.4. The third-order valence-electron chi connectivity index (χ3n) is 5.09. The number of ether oxygens (including phenoxy) is 2. The molecule has 0 aliphatic carbocycles. The number of tetrazole rings is 1. The van der Waals surface area contributed by atoms with Crippen LogP contribution in [0.1, 0.15) is 18.5 Å². The minimum Gasteiger partial charge on any atom is -0.486 e. The van der Waals surface area contributed by atoms with E-state index < -0.39 is 6.04 Å². The Balaban J connectivity index is 1.45. The molecule has 1 atom stereocenters. The zero-order chi connectivity index (χ0) is 22.3. The molecule has 1 N–H and O–H groups in total. The first kappa shape index (κ1) is 21.3. The summed E-state index contributed by atoms with van der Waals surface area (Å²) < 4.78 is 12.5. The van der Waals surface area contributed by atoms with Gasteiger partial charge in [-0.3, -0.25) is 9.59 Å². The number of amides is 2. The van der Waals surface area contributed by atoms with Gasteiger partial charge < -0.3 is 19.7 Å². The molecule has 3 aromatic rings. The summed E-state index contributed by atoms with van der Waals surface area (Å²) in [6.07, 6.45) is 1.82. The van der Waals surface area contributed by atoms with Crippen molar-refractivity contribution >= 4 is 17.5 Å². The molecule has 166 valence electrons. The Kier molecular flexibility index (Phi) is 6.59. The van der Waals surface area contributed by atoms with Crippen molar-refractivity contribution < 1.29 is 19.1 Å². The lowest BCUT2D eigenvalue weighted by Crippen LogP contribution is -2.42. The van der Waals surface area contributed by atoms with Gasteiger partial charge in [-0.2, -0.15) is 0 Å². The molecule has 1 aliphatic heterocycles. The van der Waals surface area contributed by atoms with Crippen molar-refractivity contribution in [2.24, 2.45) is 0 Å². The minimum absolute atomic E-state index is 0.100. The first-order valence-electron chi connectivity index (χ1n) is 10.4. The van der Waals surface area contributed by atoms with Gasteiger partial charge in [-0.1, -0.05) is 30.3 Å². The van der Waals surface area contributed by atoms with Crippen LogP contribution in [-0.2, 0) is 16.0 Å². The van der Waals surface area contributed by atoms with Crippen LogP contribution in [0.3, 0.4) is 0 Å². The molecule has 10 heteroatoms. The molecule has 0 spiro atoms. The van der Waals surface area contributed by atoms with Crippen molar-refractivity contribution in [2.75, 3.05) is 31.6 Å². The van der Waals surface area contributed by atoms with E-state index in [1.54, 1.807) is 18.2 Å². The first-order chi connectivity index (χ1) is 15.6. The number of aromatic nitrogens is 4. The minimum atomic E-state index is -0.658. The van der Waals surface area contributed by atoms with E-state index in [-0.39, 0.29) is 18.4 Å². The molecule has 2 heterocycles. The molecule has 0 bridgehead atoms. The average molecular weight is 436 g/mol. The highest BCUT2D eigenvalue weighted by atomic mass is 16.6. The van der Waals surface area contributed by atoms with Crippen LogP contribution in [0.5, 0.6) is 11.5 Å². The Morgan fingerprint density at radius 2 is 1.91 bits per heavy atom. The molecule has 0 saturated carbocycles. The molecule has 0 fully saturated rings. The van der Waals surface area contributed by atoms with Crippen molar-refractivity contribution in [3.8, 4) is 11.5 Å². The highest BCUT2D eigenvalue weighted by Crippen LogP contribution is 2.32. The highest BCUT2D eigenvalue weighted by Gasteiger charge is 2.28. The van der Waals surface area contributed by atoms with Gasteiger partial charge in [-0.05, 0) is 35.0 Å². The largest absolute Gasteiger partial charge is 0.486 e. The summed E-state index contributed by atoms with van der Waals surface area (Å²) in [4.78, 5) is 27.5. The van der Waals surface area contributed by atoms with Crippen molar-refractivity contribution in [1.29, 1.82) is 0 Å². The van der Waals surface area contributed by atoms with E-state index in [1.807, 2.05) is 37.3 Å². The summed E-state index contributed by atoms with van der Waals surface area (Å²) >= 11 is 0. The summed E-state index contributed by atoms with van der Waals surface area (Å²) in [6, 6.07) is 14.2. The van der Waals surface area contributed by atoms with Crippen LogP contribution < -0.4 is 14.8 Å². The predicted octanol–water partition coefficient (Wildman–Crippen LogP) is 1.72. The fraction of sp³-hybridized carbons (Fsp3) is 0.318. The maximum absolute atomic E-state index is 13.3. The van der Waals surface area contributed by atoms with Crippen LogP contribution >= 0.6 is 0 Å². The second kappa shape index (κ2) is 9.90. The molecule has 32 heavy (non-hydrogen) atoms. The molecule has 4 rings (SSSR count). The number of nitrogens with zero attached hydrogens (tertiary/aromatic N) is 5. The zero-order valence-electron chi connectivity index (χ0n) is 17.7. The number of anilines is 1. The van der Waals surface area contributed by atoms with Crippen molar-refractivity contribution in [3.05, 3.63) is 60.4 Å². The normalized spacial score (nSPS) is 13.3. The van der Waals surface area contributed by atoms with Gasteiger partial charge in [0.25, 0.3) is 0 Å². The molecule has 10 nitrogen and oxygen atoms in total. The maximum Gasteiger partial charge on any atom is 0.248 e. The number of carbonyl (C=O) groups excluding carboxylic acids is 2. The quantitative estimate of drug-likeness (QED) is 0.572. The number of fused-ring (bicyclic) bond motifs is 1. The lowest BCUT2D eigenvalue weighted by molar-refractivity contribution is -0.137. The van der Waals surface area contributed by atoms with Crippen LogP contribution in [0, 0.1) is 0 Å². The van der Waals surface area contributed by atoms with Gasteiger partial charge in [0.2, 0.25) is 11.8 Å². The second-order valence-electron chi connectivity index (χ2n) is 7.25. The molecule has 1 aromatic heterocycles. The molecular weight excluding hydrogens is 412 g/mol. The van der Waals surface area contributed by atoms with E-state index in [9.17, 15) is 9.59 Å².